The molecule has 0 saturated carbocycles. The van der Waals surface area contributed by atoms with E-state index in [0.717, 1.165) is 28.3 Å². The molecule has 1 saturated heterocycles. The number of aromatic nitrogens is 1. The summed E-state index contributed by atoms with van der Waals surface area (Å²) in [6.45, 7) is 0.652. The Hall–Kier alpha value is -1.79. The predicted molar refractivity (Wildman–Crippen MR) is 117 cm³/mol. The molecule has 0 bridgehead atoms. The van der Waals surface area contributed by atoms with Gasteiger partial charge in [-0.25, -0.2) is 9.78 Å². The van der Waals surface area contributed by atoms with Crippen molar-refractivity contribution in [1.82, 2.24) is 9.88 Å². The van der Waals surface area contributed by atoms with Crippen molar-refractivity contribution in [3.8, 4) is 10.4 Å². The van der Waals surface area contributed by atoms with Gasteiger partial charge >= 0.3 is 6.03 Å². The summed E-state index contributed by atoms with van der Waals surface area (Å²) < 4.78 is 0. The molecule has 2 aromatic carbocycles. The minimum Gasteiger partial charge on any atom is -0.315 e. The summed E-state index contributed by atoms with van der Waals surface area (Å²) in [5.74, 6) is 0. The summed E-state index contributed by atoms with van der Waals surface area (Å²) in [5, 5.41) is 4.79. The Kier molecular flexibility index (Phi) is 5.78. The number of hydrogen-bond acceptors (Lipinski definition) is 3. The van der Waals surface area contributed by atoms with Crippen LogP contribution >= 0.6 is 46.1 Å². The number of likely N-dealkylation sites (tertiary alicyclic amines) is 1. The molecule has 1 fully saturated rings. The van der Waals surface area contributed by atoms with Gasteiger partial charge in [-0.05, 0) is 30.5 Å². The van der Waals surface area contributed by atoms with Crippen LogP contribution < -0.4 is 5.32 Å². The van der Waals surface area contributed by atoms with Crippen LogP contribution in [0.2, 0.25) is 15.1 Å². The monoisotopic (exact) mass is 451 g/mol. The van der Waals surface area contributed by atoms with E-state index in [1.165, 1.54) is 0 Å². The number of urea groups is 1. The lowest BCUT2D eigenvalue weighted by atomic mass is 10.2. The molecule has 1 aliphatic heterocycles. The van der Waals surface area contributed by atoms with E-state index in [-0.39, 0.29) is 12.1 Å². The highest BCUT2D eigenvalue weighted by Crippen LogP contribution is 2.39. The zero-order valence-electron chi connectivity index (χ0n) is 14.7. The van der Waals surface area contributed by atoms with Gasteiger partial charge in [0.05, 0.1) is 26.7 Å². The Labute approximate surface area is 182 Å². The fourth-order valence-corrected chi connectivity index (χ4v) is 5.27. The molecule has 8 heteroatoms. The second kappa shape index (κ2) is 8.29. The second-order valence-electron chi connectivity index (χ2n) is 6.45. The summed E-state index contributed by atoms with van der Waals surface area (Å²) in [6, 6.07) is 12.9. The molecule has 0 radical (unpaired) electrons. The fraction of sp³-hybridized carbons (Fsp3) is 0.200. The number of anilines is 1. The zero-order chi connectivity index (χ0) is 19.7. The normalized spacial score (nSPS) is 16.4. The van der Waals surface area contributed by atoms with Crippen LogP contribution in [0.25, 0.3) is 10.4 Å². The van der Waals surface area contributed by atoms with Crippen molar-refractivity contribution in [2.75, 3.05) is 11.9 Å². The average Bonchev–Trinajstić information content (AvgIpc) is 3.34. The number of carbonyl (C=O) groups is 1. The molecule has 1 aromatic heterocycles. The third-order valence-corrected chi connectivity index (χ3v) is 6.58. The van der Waals surface area contributed by atoms with Crippen LogP contribution in [-0.2, 0) is 0 Å². The number of rotatable bonds is 3. The molecule has 4 rings (SSSR count). The van der Waals surface area contributed by atoms with Gasteiger partial charge in [-0.3, -0.25) is 0 Å². The first kappa shape index (κ1) is 19.5. The first-order chi connectivity index (χ1) is 13.5. The molecule has 3 aromatic rings. The molecular formula is C20H16Cl3N3OS. The van der Waals surface area contributed by atoms with Crippen LogP contribution in [0.15, 0.2) is 48.7 Å². The number of nitrogens with one attached hydrogen (secondary N) is 1. The van der Waals surface area contributed by atoms with Crippen molar-refractivity contribution >= 4 is 57.9 Å². The van der Waals surface area contributed by atoms with E-state index >= 15 is 0 Å². The lowest BCUT2D eigenvalue weighted by molar-refractivity contribution is 0.207. The summed E-state index contributed by atoms with van der Waals surface area (Å²) in [7, 11) is 0. The van der Waals surface area contributed by atoms with Crippen molar-refractivity contribution < 1.29 is 4.79 Å². The molecule has 0 unspecified atom stereocenters. The lowest BCUT2D eigenvalue weighted by Crippen LogP contribution is -2.34. The minimum atomic E-state index is -0.245. The van der Waals surface area contributed by atoms with Gasteiger partial charge in [-0.1, -0.05) is 65.1 Å². The Morgan fingerprint density at radius 1 is 1.14 bits per heavy atom. The van der Waals surface area contributed by atoms with Gasteiger partial charge in [0.25, 0.3) is 0 Å². The smallest absolute Gasteiger partial charge is 0.315 e. The minimum absolute atomic E-state index is 0.0627. The number of amides is 2. The Bertz CT molecular complexity index is 986. The summed E-state index contributed by atoms with van der Waals surface area (Å²) in [6.07, 6.45) is 3.66. The quantitative estimate of drug-likeness (QED) is 0.459. The van der Waals surface area contributed by atoms with Gasteiger partial charge in [0.2, 0.25) is 0 Å². The van der Waals surface area contributed by atoms with Gasteiger partial charge in [0.1, 0.15) is 5.01 Å². The summed E-state index contributed by atoms with van der Waals surface area (Å²) in [4.78, 5) is 20.4. The van der Waals surface area contributed by atoms with Crippen molar-refractivity contribution in [2.45, 2.75) is 18.9 Å². The van der Waals surface area contributed by atoms with Gasteiger partial charge in [0, 0.05) is 17.8 Å². The Balaban J connectivity index is 1.54. The van der Waals surface area contributed by atoms with Gasteiger partial charge in [-0.2, -0.15) is 0 Å². The topological polar surface area (TPSA) is 45.2 Å². The largest absolute Gasteiger partial charge is 0.322 e. The van der Waals surface area contributed by atoms with Crippen LogP contribution in [0.3, 0.4) is 0 Å². The van der Waals surface area contributed by atoms with Crippen LogP contribution in [-0.4, -0.2) is 22.5 Å². The number of benzene rings is 2. The van der Waals surface area contributed by atoms with Crippen LogP contribution in [0, 0.1) is 0 Å². The fourth-order valence-electron chi connectivity index (χ4n) is 3.28. The van der Waals surface area contributed by atoms with E-state index < -0.39 is 0 Å². The molecule has 1 aliphatic rings. The second-order valence-corrected chi connectivity index (χ2v) is 8.77. The maximum Gasteiger partial charge on any atom is 0.322 e. The highest BCUT2D eigenvalue weighted by molar-refractivity contribution is 7.15. The number of thiazole rings is 1. The zero-order valence-corrected chi connectivity index (χ0v) is 17.7. The molecule has 4 nitrogen and oxygen atoms in total. The molecule has 144 valence electrons. The highest BCUT2D eigenvalue weighted by atomic mass is 35.5. The van der Waals surface area contributed by atoms with Crippen molar-refractivity contribution in [3.05, 3.63) is 68.7 Å². The van der Waals surface area contributed by atoms with E-state index in [4.69, 9.17) is 34.8 Å². The maximum atomic E-state index is 12.9. The van der Waals surface area contributed by atoms with E-state index in [2.05, 4.69) is 22.4 Å². The Morgan fingerprint density at radius 3 is 2.57 bits per heavy atom. The number of carbonyl (C=O) groups excluding carboxylic acids is 1. The van der Waals surface area contributed by atoms with Crippen molar-refractivity contribution in [1.29, 1.82) is 0 Å². The molecule has 2 amide bonds. The molecule has 2 heterocycles. The SMILES string of the molecule is O=C(Nc1c(Cl)cc(Cl)cc1Cl)N1CCC[C@H]1c1ncc(-c2ccccc2)s1. The first-order valence-electron chi connectivity index (χ1n) is 8.76. The van der Waals surface area contributed by atoms with Crippen LogP contribution in [0.5, 0.6) is 0 Å². The van der Waals surface area contributed by atoms with E-state index in [0.29, 0.717) is 27.3 Å². The van der Waals surface area contributed by atoms with Crippen molar-refractivity contribution in [3.63, 3.8) is 0 Å². The van der Waals surface area contributed by atoms with Gasteiger partial charge in [-0.15, -0.1) is 11.3 Å². The van der Waals surface area contributed by atoms with Gasteiger partial charge < -0.3 is 10.2 Å². The molecular weight excluding hydrogens is 437 g/mol. The molecule has 0 spiro atoms. The third kappa shape index (κ3) is 3.98. The lowest BCUT2D eigenvalue weighted by Gasteiger charge is -2.24. The summed E-state index contributed by atoms with van der Waals surface area (Å²) >= 11 is 20.0. The van der Waals surface area contributed by atoms with E-state index in [1.807, 2.05) is 24.4 Å². The Morgan fingerprint density at radius 2 is 1.86 bits per heavy atom. The highest BCUT2D eigenvalue weighted by Gasteiger charge is 2.32. The van der Waals surface area contributed by atoms with Crippen LogP contribution in [0.1, 0.15) is 23.9 Å². The van der Waals surface area contributed by atoms with Crippen LogP contribution in [0.4, 0.5) is 10.5 Å². The maximum absolute atomic E-state index is 12.9. The third-order valence-electron chi connectivity index (χ3n) is 4.62. The number of halogens is 3. The molecule has 0 aliphatic carbocycles. The average molecular weight is 453 g/mol. The van der Waals surface area contributed by atoms with E-state index in [9.17, 15) is 4.79 Å². The van der Waals surface area contributed by atoms with E-state index in [1.54, 1.807) is 28.4 Å². The molecule has 1 N–H and O–H groups in total. The standard InChI is InChI=1S/C20H16Cl3N3OS/c21-13-9-14(22)18(15(23)10-13)25-20(27)26-8-4-7-16(26)19-24-11-17(28-19)12-5-2-1-3-6-12/h1-3,5-6,9-11,16H,4,7-8H2,(H,25,27)/t16-/m0/s1. The first-order valence-corrected chi connectivity index (χ1v) is 10.7. The number of hydrogen-bond donors (Lipinski definition) is 1. The number of nitrogens with zero attached hydrogens (tertiary/aromatic N) is 2. The summed E-state index contributed by atoms with van der Waals surface area (Å²) in [5.41, 5.74) is 1.49. The molecule has 1 atom stereocenters. The predicted octanol–water partition coefficient (Wildman–Crippen LogP) is 7.14. The molecule has 28 heavy (non-hydrogen) atoms. The van der Waals surface area contributed by atoms with Gasteiger partial charge in [0.15, 0.2) is 0 Å². The van der Waals surface area contributed by atoms with Crippen molar-refractivity contribution in [2.24, 2.45) is 0 Å².